The van der Waals surface area contributed by atoms with Gasteiger partial charge in [-0.3, -0.25) is 4.90 Å². The minimum atomic E-state index is 0.136. The zero-order valence-electron chi connectivity index (χ0n) is 13.1. The maximum Gasteiger partial charge on any atom is 0.0515 e. The van der Waals surface area contributed by atoms with Gasteiger partial charge < -0.3 is 5.73 Å². The van der Waals surface area contributed by atoms with Crippen molar-refractivity contribution >= 4 is 15.9 Å². The molecule has 1 heterocycles. The summed E-state index contributed by atoms with van der Waals surface area (Å²) in [4.78, 5) is 2.58. The van der Waals surface area contributed by atoms with E-state index in [1.165, 1.54) is 28.4 Å². The zero-order chi connectivity index (χ0) is 14.9. The number of likely N-dealkylation sites (tertiary alicyclic amines) is 1. The minimum Gasteiger partial charge on any atom is -0.326 e. The molecule has 0 aliphatic carbocycles. The van der Waals surface area contributed by atoms with Gasteiger partial charge in [-0.15, -0.1) is 0 Å². The molecule has 2 atom stereocenters. The van der Waals surface area contributed by atoms with E-state index in [2.05, 4.69) is 66.7 Å². The molecule has 1 saturated heterocycles. The van der Waals surface area contributed by atoms with Crippen LogP contribution in [0.1, 0.15) is 57.2 Å². The molecule has 1 aliphatic heterocycles. The maximum absolute atomic E-state index is 6.54. The fourth-order valence-corrected chi connectivity index (χ4v) is 3.94. The summed E-state index contributed by atoms with van der Waals surface area (Å²) >= 11 is 3.75. The Labute approximate surface area is 131 Å². The molecular formula is C17H27BrN2. The summed E-state index contributed by atoms with van der Waals surface area (Å²) in [5.74, 6) is 0. The minimum absolute atomic E-state index is 0.136. The lowest BCUT2D eigenvalue weighted by Gasteiger charge is -2.43. The molecule has 1 aliphatic rings. The van der Waals surface area contributed by atoms with Gasteiger partial charge in [0.15, 0.2) is 0 Å². The second kappa shape index (κ2) is 6.17. The van der Waals surface area contributed by atoms with Crippen molar-refractivity contribution in [2.24, 2.45) is 5.73 Å². The highest BCUT2D eigenvalue weighted by Gasteiger charge is 2.35. The lowest BCUT2D eigenvalue weighted by atomic mass is 9.92. The van der Waals surface area contributed by atoms with E-state index in [1.54, 1.807) is 0 Å². The van der Waals surface area contributed by atoms with Gasteiger partial charge in [0.2, 0.25) is 0 Å². The van der Waals surface area contributed by atoms with Crippen molar-refractivity contribution in [2.45, 2.75) is 64.6 Å². The van der Waals surface area contributed by atoms with Gasteiger partial charge in [-0.25, -0.2) is 0 Å². The summed E-state index contributed by atoms with van der Waals surface area (Å²) in [5.41, 5.74) is 9.29. The molecule has 0 saturated carbocycles. The van der Waals surface area contributed by atoms with Crippen LogP contribution in [0.3, 0.4) is 0 Å². The van der Waals surface area contributed by atoms with Crippen LogP contribution < -0.4 is 5.73 Å². The summed E-state index contributed by atoms with van der Waals surface area (Å²) in [6.45, 7) is 10.1. The fraction of sp³-hybridized carbons (Fsp3) is 0.647. The van der Waals surface area contributed by atoms with Crippen molar-refractivity contribution < 1.29 is 0 Å². The normalized spacial score (nSPS) is 25.5. The van der Waals surface area contributed by atoms with Crippen LogP contribution >= 0.6 is 15.9 Å². The van der Waals surface area contributed by atoms with Crippen LogP contribution in [0, 0.1) is 6.92 Å². The van der Waals surface area contributed by atoms with E-state index in [-0.39, 0.29) is 11.6 Å². The molecule has 0 radical (unpaired) electrons. The van der Waals surface area contributed by atoms with Gasteiger partial charge in [0, 0.05) is 16.1 Å². The molecule has 20 heavy (non-hydrogen) atoms. The Hall–Kier alpha value is -0.380. The van der Waals surface area contributed by atoms with E-state index in [1.807, 2.05) is 0 Å². The van der Waals surface area contributed by atoms with Crippen LogP contribution in [0.4, 0.5) is 0 Å². The molecule has 112 valence electrons. The predicted molar refractivity (Wildman–Crippen MR) is 89.9 cm³/mol. The first-order valence-electron chi connectivity index (χ1n) is 7.59. The molecule has 2 nitrogen and oxygen atoms in total. The number of hydrogen-bond acceptors (Lipinski definition) is 2. The molecule has 0 bridgehead atoms. The van der Waals surface area contributed by atoms with Crippen molar-refractivity contribution in [2.75, 3.05) is 6.54 Å². The first-order chi connectivity index (χ1) is 9.30. The molecule has 0 amide bonds. The van der Waals surface area contributed by atoms with Crippen LogP contribution in [-0.4, -0.2) is 23.0 Å². The van der Waals surface area contributed by atoms with Crippen LogP contribution in [0.5, 0.6) is 0 Å². The highest BCUT2D eigenvalue weighted by Crippen LogP contribution is 2.38. The third-order valence-electron chi connectivity index (χ3n) is 4.26. The maximum atomic E-state index is 6.54. The van der Waals surface area contributed by atoms with Crippen LogP contribution in [0.15, 0.2) is 22.7 Å². The van der Waals surface area contributed by atoms with Gasteiger partial charge in [0.05, 0.1) is 6.04 Å². The lowest BCUT2D eigenvalue weighted by Crippen LogP contribution is -2.49. The lowest BCUT2D eigenvalue weighted by molar-refractivity contribution is 0.0751. The standard InChI is InChI=1S/C17H27BrN2/c1-12-8-9-13(14(18)11-12)16-15(19)7-5-6-10-20(16)17(2,3)4/h8-9,11,15-16H,5-7,10,19H2,1-4H3. The molecule has 0 aromatic heterocycles. The highest BCUT2D eigenvalue weighted by atomic mass is 79.9. The predicted octanol–water partition coefficient (Wildman–Crippen LogP) is 4.41. The second-order valence-electron chi connectivity index (χ2n) is 6.99. The Morgan fingerprint density at radius 2 is 1.95 bits per heavy atom. The Balaban J connectivity index is 2.45. The zero-order valence-corrected chi connectivity index (χ0v) is 14.7. The van der Waals surface area contributed by atoms with Crippen molar-refractivity contribution in [1.82, 2.24) is 4.90 Å². The SMILES string of the molecule is Cc1ccc(C2C(N)CCCCN2C(C)(C)C)c(Br)c1. The molecule has 0 spiro atoms. The summed E-state index contributed by atoms with van der Waals surface area (Å²) < 4.78 is 1.19. The van der Waals surface area contributed by atoms with Gasteiger partial charge in [0.1, 0.15) is 0 Å². The molecule has 1 fully saturated rings. The third-order valence-corrected chi connectivity index (χ3v) is 4.95. The topological polar surface area (TPSA) is 29.3 Å². The summed E-state index contributed by atoms with van der Waals surface area (Å²) in [5, 5.41) is 0. The van der Waals surface area contributed by atoms with E-state index < -0.39 is 0 Å². The van der Waals surface area contributed by atoms with E-state index >= 15 is 0 Å². The van der Waals surface area contributed by atoms with Gasteiger partial charge in [-0.1, -0.05) is 34.5 Å². The quantitative estimate of drug-likeness (QED) is 0.821. The van der Waals surface area contributed by atoms with Crippen molar-refractivity contribution in [3.8, 4) is 0 Å². The molecule has 1 aromatic rings. The Bertz CT molecular complexity index is 465. The third kappa shape index (κ3) is 3.44. The fourth-order valence-electron chi connectivity index (χ4n) is 3.21. The van der Waals surface area contributed by atoms with Gasteiger partial charge in [-0.2, -0.15) is 0 Å². The van der Waals surface area contributed by atoms with E-state index in [0.717, 1.165) is 13.0 Å². The average Bonchev–Trinajstić information content (AvgIpc) is 2.51. The monoisotopic (exact) mass is 338 g/mol. The molecule has 2 unspecified atom stereocenters. The van der Waals surface area contributed by atoms with Gasteiger partial charge in [0.25, 0.3) is 0 Å². The molecule has 3 heteroatoms. The van der Waals surface area contributed by atoms with Crippen molar-refractivity contribution in [3.63, 3.8) is 0 Å². The number of rotatable bonds is 1. The molecule has 2 rings (SSSR count). The first kappa shape index (κ1) is 16.0. The van der Waals surface area contributed by atoms with Gasteiger partial charge in [-0.05, 0) is 64.3 Å². The Morgan fingerprint density at radius 1 is 1.25 bits per heavy atom. The Kier molecular flexibility index (Phi) is 4.93. The van der Waals surface area contributed by atoms with Crippen LogP contribution in [-0.2, 0) is 0 Å². The van der Waals surface area contributed by atoms with Crippen LogP contribution in [0.25, 0.3) is 0 Å². The molecular weight excluding hydrogens is 312 g/mol. The van der Waals surface area contributed by atoms with E-state index in [4.69, 9.17) is 5.73 Å². The summed E-state index contributed by atoms with van der Waals surface area (Å²) in [7, 11) is 0. The van der Waals surface area contributed by atoms with E-state index in [0.29, 0.717) is 6.04 Å². The highest BCUT2D eigenvalue weighted by molar-refractivity contribution is 9.10. The van der Waals surface area contributed by atoms with E-state index in [9.17, 15) is 0 Å². The van der Waals surface area contributed by atoms with Crippen LogP contribution in [0.2, 0.25) is 0 Å². The smallest absolute Gasteiger partial charge is 0.0515 e. The second-order valence-corrected chi connectivity index (χ2v) is 7.85. The average molecular weight is 339 g/mol. The molecule has 2 N–H and O–H groups in total. The number of nitrogens with two attached hydrogens (primary N) is 1. The number of aryl methyl sites for hydroxylation is 1. The number of benzene rings is 1. The first-order valence-corrected chi connectivity index (χ1v) is 8.38. The Morgan fingerprint density at radius 3 is 2.55 bits per heavy atom. The summed E-state index contributed by atoms with van der Waals surface area (Å²) in [6, 6.07) is 7.14. The van der Waals surface area contributed by atoms with Gasteiger partial charge >= 0.3 is 0 Å². The number of halogens is 1. The summed E-state index contributed by atoms with van der Waals surface area (Å²) in [6.07, 6.45) is 3.58. The van der Waals surface area contributed by atoms with Crippen molar-refractivity contribution in [3.05, 3.63) is 33.8 Å². The number of nitrogens with zero attached hydrogens (tertiary/aromatic N) is 1. The largest absolute Gasteiger partial charge is 0.326 e. The number of hydrogen-bond donors (Lipinski definition) is 1. The van der Waals surface area contributed by atoms with Crippen molar-refractivity contribution in [1.29, 1.82) is 0 Å². The molecule has 1 aromatic carbocycles.